The van der Waals surface area contributed by atoms with Crippen LogP contribution < -0.4 is 17.0 Å². The van der Waals surface area contributed by atoms with Crippen LogP contribution in [0.5, 0.6) is 0 Å². The lowest BCUT2D eigenvalue weighted by Gasteiger charge is -2.03. The Bertz CT molecular complexity index is 391. The van der Waals surface area contributed by atoms with Crippen molar-refractivity contribution in [1.29, 1.82) is 0 Å². The highest BCUT2D eigenvalue weighted by atomic mass is 16.2. The maximum atomic E-state index is 11.2. The van der Waals surface area contributed by atoms with Crippen molar-refractivity contribution < 1.29 is 0 Å². The van der Waals surface area contributed by atoms with Crippen LogP contribution in [-0.4, -0.2) is 16.1 Å². The summed E-state index contributed by atoms with van der Waals surface area (Å²) in [4.78, 5) is 24.4. The molecular weight excluding hydrogens is 170 g/mol. The van der Waals surface area contributed by atoms with Crippen molar-refractivity contribution in [2.24, 2.45) is 5.73 Å². The third kappa shape index (κ3) is 2.29. The Kier molecular flexibility index (Phi) is 3.02. The predicted molar refractivity (Wildman–Crippen MR) is 49.7 cm³/mol. The van der Waals surface area contributed by atoms with E-state index in [1.54, 1.807) is 13.1 Å². The summed E-state index contributed by atoms with van der Waals surface area (Å²) < 4.78 is 1.46. The molecule has 13 heavy (non-hydrogen) atoms. The van der Waals surface area contributed by atoms with E-state index in [4.69, 9.17) is 5.73 Å². The number of nitrogens with zero attached hydrogens (tertiary/aromatic N) is 1. The van der Waals surface area contributed by atoms with Gasteiger partial charge in [0.1, 0.15) is 0 Å². The Morgan fingerprint density at radius 2 is 2.23 bits per heavy atom. The highest BCUT2D eigenvalue weighted by molar-refractivity contribution is 5.00. The van der Waals surface area contributed by atoms with Gasteiger partial charge in [-0.05, 0) is 19.9 Å². The maximum Gasteiger partial charge on any atom is 0.328 e. The van der Waals surface area contributed by atoms with Gasteiger partial charge in [0, 0.05) is 18.3 Å². The monoisotopic (exact) mass is 183 g/mol. The minimum Gasteiger partial charge on any atom is -0.330 e. The number of hydrogen-bond donors (Lipinski definition) is 2. The van der Waals surface area contributed by atoms with Crippen LogP contribution in [0.4, 0.5) is 0 Å². The average molecular weight is 183 g/mol. The van der Waals surface area contributed by atoms with E-state index in [9.17, 15) is 9.59 Å². The minimum absolute atomic E-state index is 0.325. The molecule has 5 nitrogen and oxygen atoms in total. The molecule has 1 rings (SSSR count). The van der Waals surface area contributed by atoms with Gasteiger partial charge in [0.15, 0.2) is 0 Å². The first-order chi connectivity index (χ1) is 6.15. The number of hydrogen-bond acceptors (Lipinski definition) is 3. The first kappa shape index (κ1) is 9.73. The fraction of sp³-hybridized carbons (Fsp3) is 0.500. The summed E-state index contributed by atoms with van der Waals surface area (Å²) in [5, 5.41) is 0. The Morgan fingerprint density at radius 3 is 2.85 bits per heavy atom. The van der Waals surface area contributed by atoms with Crippen molar-refractivity contribution in [1.82, 2.24) is 9.55 Å². The molecule has 0 bridgehead atoms. The maximum absolute atomic E-state index is 11.2. The van der Waals surface area contributed by atoms with Crippen molar-refractivity contribution in [3.05, 3.63) is 32.6 Å². The van der Waals surface area contributed by atoms with Crippen LogP contribution in [0.25, 0.3) is 0 Å². The number of aryl methyl sites for hydroxylation is 2. The van der Waals surface area contributed by atoms with Gasteiger partial charge in [-0.2, -0.15) is 0 Å². The van der Waals surface area contributed by atoms with Gasteiger partial charge in [-0.15, -0.1) is 0 Å². The molecule has 0 saturated carbocycles. The van der Waals surface area contributed by atoms with Crippen LogP contribution >= 0.6 is 0 Å². The molecule has 0 atom stereocenters. The highest BCUT2D eigenvalue weighted by Crippen LogP contribution is 1.86. The average Bonchev–Trinajstić information content (AvgIpc) is 2.09. The van der Waals surface area contributed by atoms with Gasteiger partial charge in [-0.1, -0.05) is 0 Å². The highest BCUT2D eigenvalue weighted by Gasteiger charge is 1.98. The van der Waals surface area contributed by atoms with Crippen LogP contribution in [0.15, 0.2) is 15.8 Å². The Hall–Kier alpha value is -1.36. The molecule has 0 fully saturated rings. The number of aromatic amines is 1. The molecule has 0 aliphatic rings. The van der Waals surface area contributed by atoms with E-state index in [1.807, 2.05) is 0 Å². The van der Waals surface area contributed by atoms with Gasteiger partial charge in [0.05, 0.1) is 0 Å². The number of rotatable bonds is 3. The molecule has 1 aromatic rings. The first-order valence-corrected chi connectivity index (χ1v) is 4.15. The minimum atomic E-state index is -0.371. The second kappa shape index (κ2) is 4.04. The van der Waals surface area contributed by atoms with E-state index in [0.29, 0.717) is 18.7 Å². The SMILES string of the molecule is Cc1cn(CCCN)c(=O)[nH]c1=O. The van der Waals surface area contributed by atoms with Crippen LogP contribution in [0.3, 0.4) is 0 Å². The predicted octanol–water partition coefficient (Wildman–Crippen LogP) is -0.806. The van der Waals surface area contributed by atoms with Crippen LogP contribution in [0.2, 0.25) is 0 Å². The number of nitrogens with one attached hydrogen (secondary N) is 1. The van der Waals surface area contributed by atoms with E-state index in [-0.39, 0.29) is 11.2 Å². The molecule has 3 N–H and O–H groups in total. The molecule has 0 aliphatic carbocycles. The van der Waals surface area contributed by atoms with Crippen molar-refractivity contribution >= 4 is 0 Å². The Balaban J connectivity index is 3.02. The lowest BCUT2D eigenvalue weighted by atomic mass is 10.3. The zero-order valence-electron chi connectivity index (χ0n) is 7.54. The summed E-state index contributed by atoms with van der Waals surface area (Å²) in [6.45, 7) is 2.74. The molecule has 0 amide bonds. The van der Waals surface area contributed by atoms with Crippen molar-refractivity contribution in [3.8, 4) is 0 Å². The largest absolute Gasteiger partial charge is 0.330 e. The normalized spacial score (nSPS) is 10.3. The third-order valence-electron chi connectivity index (χ3n) is 1.79. The molecule has 72 valence electrons. The summed E-state index contributed by atoms with van der Waals surface area (Å²) in [5.41, 5.74) is 5.15. The molecule has 1 heterocycles. The van der Waals surface area contributed by atoms with Crippen LogP contribution in [-0.2, 0) is 6.54 Å². The molecule has 1 aromatic heterocycles. The standard InChI is InChI=1S/C8H13N3O2/c1-6-5-11(4-2-3-9)8(13)10-7(6)12/h5H,2-4,9H2,1H3,(H,10,12,13). The van der Waals surface area contributed by atoms with E-state index < -0.39 is 0 Å². The molecule has 0 spiro atoms. The van der Waals surface area contributed by atoms with E-state index >= 15 is 0 Å². The molecule has 0 radical (unpaired) electrons. The topological polar surface area (TPSA) is 80.9 Å². The first-order valence-electron chi connectivity index (χ1n) is 4.15. The molecule has 0 unspecified atom stereocenters. The van der Waals surface area contributed by atoms with E-state index in [0.717, 1.165) is 6.42 Å². The summed E-state index contributed by atoms with van der Waals surface area (Å²) in [7, 11) is 0. The summed E-state index contributed by atoms with van der Waals surface area (Å²) in [6, 6.07) is 0. The smallest absolute Gasteiger partial charge is 0.328 e. The number of nitrogens with two attached hydrogens (primary N) is 1. The summed E-state index contributed by atoms with van der Waals surface area (Å²) in [6.07, 6.45) is 2.28. The van der Waals surface area contributed by atoms with Gasteiger partial charge in [-0.3, -0.25) is 9.78 Å². The summed E-state index contributed by atoms with van der Waals surface area (Å²) in [5.74, 6) is 0. The Morgan fingerprint density at radius 1 is 1.54 bits per heavy atom. The van der Waals surface area contributed by atoms with Gasteiger partial charge in [-0.25, -0.2) is 4.79 Å². The Labute approximate surface area is 75.2 Å². The third-order valence-corrected chi connectivity index (χ3v) is 1.79. The van der Waals surface area contributed by atoms with Gasteiger partial charge in [0.2, 0.25) is 0 Å². The zero-order chi connectivity index (χ0) is 9.84. The quantitative estimate of drug-likeness (QED) is 0.643. The summed E-state index contributed by atoms with van der Waals surface area (Å²) >= 11 is 0. The van der Waals surface area contributed by atoms with Crippen LogP contribution in [0, 0.1) is 6.92 Å². The lowest BCUT2D eigenvalue weighted by molar-refractivity contribution is 0.608. The van der Waals surface area contributed by atoms with Crippen molar-refractivity contribution in [3.63, 3.8) is 0 Å². The fourth-order valence-electron chi connectivity index (χ4n) is 1.05. The second-order valence-corrected chi connectivity index (χ2v) is 2.91. The van der Waals surface area contributed by atoms with Crippen LogP contribution in [0.1, 0.15) is 12.0 Å². The van der Waals surface area contributed by atoms with Crippen molar-refractivity contribution in [2.45, 2.75) is 19.9 Å². The fourth-order valence-corrected chi connectivity index (χ4v) is 1.05. The van der Waals surface area contributed by atoms with Gasteiger partial charge < -0.3 is 10.3 Å². The molecule has 0 aliphatic heterocycles. The lowest BCUT2D eigenvalue weighted by Crippen LogP contribution is -2.31. The van der Waals surface area contributed by atoms with E-state index in [1.165, 1.54) is 4.57 Å². The van der Waals surface area contributed by atoms with E-state index in [2.05, 4.69) is 4.98 Å². The number of aromatic nitrogens is 2. The van der Waals surface area contributed by atoms with Crippen molar-refractivity contribution in [2.75, 3.05) is 6.54 Å². The molecular formula is C8H13N3O2. The van der Waals surface area contributed by atoms with Gasteiger partial charge in [0.25, 0.3) is 5.56 Å². The second-order valence-electron chi connectivity index (χ2n) is 2.91. The molecule has 5 heteroatoms. The zero-order valence-corrected chi connectivity index (χ0v) is 7.54. The number of H-pyrrole nitrogens is 1. The molecule has 0 aromatic carbocycles. The molecule has 0 saturated heterocycles. The van der Waals surface area contributed by atoms with Gasteiger partial charge >= 0.3 is 5.69 Å².